The van der Waals surface area contributed by atoms with Crippen LogP contribution in [-0.4, -0.2) is 29.8 Å². The zero-order valence-electron chi connectivity index (χ0n) is 15.0. The number of ether oxygens (including phenoxy) is 1. The third kappa shape index (κ3) is 4.28. The van der Waals surface area contributed by atoms with Crippen LogP contribution in [0.25, 0.3) is 0 Å². The zero-order valence-corrected chi connectivity index (χ0v) is 15.0. The average molecular weight is 339 g/mol. The molecule has 0 saturated heterocycles. The van der Waals surface area contributed by atoms with E-state index in [4.69, 9.17) is 4.74 Å². The number of amides is 1. The van der Waals surface area contributed by atoms with Gasteiger partial charge in [-0.3, -0.25) is 4.79 Å². The zero-order chi connectivity index (χ0) is 18.4. The summed E-state index contributed by atoms with van der Waals surface area (Å²) < 4.78 is 5.19. The molecule has 4 nitrogen and oxygen atoms in total. The molecule has 0 aliphatic rings. The Kier molecular flexibility index (Phi) is 5.99. The van der Waals surface area contributed by atoms with Crippen LogP contribution < -0.4 is 9.64 Å². The second kappa shape index (κ2) is 7.99. The molecule has 0 radical (unpaired) electrons. The number of hydrogen-bond donors (Lipinski definition) is 1. The van der Waals surface area contributed by atoms with E-state index in [9.17, 15) is 9.90 Å². The minimum atomic E-state index is -1.11. The van der Waals surface area contributed by atoms with Crippen LogP contribution in [0.2, 0.25) is 0 Å². The van der Waals surface area contributed by atoms with Crippen molar-refractivity contribution in [2.24, 2.45) is 0 Å². The highest BCUT2D eigenvalue weighted by Crippen LogP contribution is 2.29. The number of benzene rings is 2. The average Bonchev–Trinajstić information content (AvgIpc) is 2.63. The van der Waals surface area contributed by atoms with Crippen molar-refractivity contribution in [3.05, 3.63) is 72.8 Å². The lowest BCUT2D eigenvalue weighted by molar-refractivity contribution is 0.0366. The van der Waals surface area contributed by atoms with Crippen molar-refractivity contribution in [3.63, 3.8) is 0 Å². The highest BCUT2D eigenvalue weighted by Gasteiger charge is 2.35. The third-order valence-corrected chi connectivity index (χ3v) is 4.44. The lowest BCUT2D eigenvalue weighted by atomic mass is 9.91. The molecule has 132 valence electrons. The van der Waals surface area contributed by atoms with Gasteiger partial charge in [0.2, 0.25) is 0 Å². The lowest BCUT2D eigenvalue weighted by Gasteiger charge is -2.38. The van der Waals surface area contributed by atoms with Gasteiger partial charge in [-0.15, -0.1) is 6.58 Å². The first-order chi connectivity index (χ1) is 11.9. The predicted molar refractivity (Wildman–Crippen MR) is 101 cm³/mol. The first-order valence-corrected chi connectivity index (χ1v) is 8.26. The SMILES string of the molecule is C=CC[C@](C)(O)[C@@H](C)N(C(=O)c1ccccc1)c1ccc(OC)cc1. The van der Waals surface area contributed by atoms with Gasteiger partial charge < -0.3 is 14.7 Å². The monoisotopic (exact) mass is 339 g/mol. The van der Waals surface area contributed by atoms with Crippen LogP contribution in [-0.2, 0) is 0 Å². The molecule has 1 amide bonds. The molecule has 0 saturated carbocycles. The summed E-state index contributed by atoms with van der Waals surface area (Å²) in [5.74, 6) is 0.545. The van der Waals surface area contributed by atoms with Crippen LogP contribution in [0.3, 0.4) is 0 Å². The number of carbonyl (C=O) groups is 1. The van der Waals surface area contributed by atoms with Crippen molar-refractivity contribution in [2.45, 2.75) is 31.9 Å². The molecule has 2 rings (SSSR count). The Labute approximate surface area is 149 Å². The number of carbonyl (C=O) groups excluding carboxylic acids is 1. The van der Waals surface area contributed by atoms with Crippen LogP contribution in [0.15, 0.2) is 67.3 Å². The Bertz CT molecular complexity index is 708. The minimum Gasteiger partial charge on any atom is -0.497 e. The number of anilines is 1. The first kappa shape index (κ1) is 18.7. The molecule has 0 fully saturated rings. The van der Waals surface area contributed by atoms with Gasteiger partial charge in [0.15, 0.2) is 0 Å². The minimum absolute atomic E-state index is 0.164. The Balaban J connectivity index is 2.46. The summed E-state index contributed by atoms with van der Waals surface area (Å²) in [7, 11) is 1.60. The van der Waals surface area contributed by atoms with Gasteiger partial charge in [0.1, 0.15) is 5.75 Å². The van der Waals surface area contributed by atoms with Crippen molar-refractivity contribution in [1.82, 2.24) is 0 Å². The van der Waals surface area contributed by atoms with E-state index < -0.39 is 11.6 Å². The molecule has 0 aromatic heterocycles. The van der Waals surface area contributed by atoms with E-state index in [1.807, 2.05) is 37.3 Å². The summed E-state index contributed by atoms with van der Waals surface area (Å²) in [4.78, 5) is 14.8. The summed E-state index contributed by atoms with van der Waals surface area (Å²) in [6.45, 7) is 7.26. The van der Waals surface area contributed by atoms with E-state index in [0.717, 1.165) is 0 Å². The van der Waals surface area contributed by atoms with Gasteiger partial charge in [-0.1, -0.05) is 24.3 Å². The molecule has 2 aromatic carbocycles. The van der Waals surface area contributed by atoms with Gasteiger partial charge in [-0.2, -0.15) is 0 Å². The maximum Gasteiger partial charge on any atom is 0.258 e. The molecular weight excluding hydrogens is 314 g/mol. The molecule has 2 atom stereocenters. The molecule has 0 heterocycles. The van der Waals surface area contributed by atoms with Gasteiger partial charge in [0, 0.05) is 11.3 Å². The molecule has 0 bridgehead atoms. The van der Waals surface area contributed by atoms with Gasteiger partial charge in [-0.05, 0) is 56.7 Å². The molecule has 4 heteroatoms. The quantitative estimate of drug-likeness (QED) is 0.774. The molecule has 0 unspecified atom stereocenters. The maximum atomic E-state index is 13.1. The van der Waals surface area contributed by atoms with Crippen LogP contribution in [0, 0.1) is 0 Å². The molecule has 2 aromatic rings. The van der Waals surface area contributed by atoms with Gasteiger partial charge in [0.25, 0.3) is 5.91 Å². The van der Waals surface area contributed by atoms with Crippen LogP contribution in [0.4, 0.5) is 5.69 Å². The van der Waals surface area contributed by atoms with Crippen molar-refractivity contribution < 1.29 is 14.6 Å². The van der Waals surface area contributed by atoms with Gasteiger partial charge in [-0.25, -0.2) is 0 Å². The Morgan fingerprint density at radius 2 is 1.84 bits per heavy atom. The number of aliphatic hydroxyl groups is 1. The van der Waals surface area contributed by atoms with Crippen molar-refractivity contribution in [1.29, 1.82) is 0 Å². The molecule has 25 heavy (non-hydrogen) atoms. The van der Waals surface area contributed by atoms with E-state index >= 15 is 0 Å². The summed E-state index contributed by atoms with van der Waals surface area (Å²) in [6.07, 6.45) is 2.04. The van der Waals surface area contributed by atoms with Crippen LogP contribution in [0.5, 0.6) is 5.75 Å². The predicted octanol–water partition coefficient (Wildman–Crippen LogP) is 4.06. The largest absolute Gasteiger partial charge is 0.497 e. The Morgan fingerprint density at radius 3 is 2.36 bits per heavy atom. The molecule has 0 aliphatic carbocycles. The van der Waals surface area contributed by atoms with E-state index in [1.54, 1.807) is 49.3 Å². The summed E-state index contributed by atoms with van der Waals surface area (Å²) >= 11 is 0. The highest BCUT2D eigenvalue weighted by atomic mass is 16.5. The van der Waals surface area contributed by atoms with Gasteiger partial charge in [0.05, 0.1) is 18.8 Å². The van der Waals surface area contributed by atoms with E-state index in [1.165, 1.54) is 0 Å². The normalized spacial score (nSPS) is 14.2. The summed E-state index contributed by atoms with van der Waals surface area (Å²) in [5, 5.41) is 10.8. The standard InChI is InChI=1S/C21H25NO3/c1-5-15-21(3,24)16(2)22(18-11-13-19(25-4)14-12-18)20(23)17-9-7-6-8-10-17/h5-14,16,24H,1,15H2,2-4H3/t16-,21+/m1/s1. The second-order valence-corrected chi connectivity index (χ2v) is 6.27. The number of nitrogens with zero attached hydrogens (tertiary/aromatic N) is 1. The number of rotatable bonds is 7. The fourth-order valence-corrected chi connectivity index (χ4v) is 2.72. The van der Waals surface area contributed by atoms with Crippen LogP contribution in [0.1, 0.15) is 30.6 Å². The fraction of sp³-hybridized carbons (Fsp3) is 0.286. The number of hydrogen-bond acceptors (Lipinski definition) is 3. The lowest BCUT2D eigenvalue weighted by Crippen LogP contribution is -2.52. The maximum absolute atomic E-state index is 13.1. The smallest absolute Gasteiger partial charge is 0.258 e. The molecular formula is C21H25NO3. The van der Waals surface area contributed by atoms with E-state index in [0.29, 0.717) is 23.4 Å². The molecule has 0 spiro atoms. The van der Waals surface area contributed by atoms with Crippen molar-refractivity contribution in [2.75, 3.05) is 12.0 Å². The number of methoxy groups -OCH3 is 1. The Morgan fingerprint density at radius 1 is 1.24 bits per heavy atom. The topological polar surface area (TPSA) is 49.8 Å². The van der Waals surface area contributed by atoms with Gasteiger partial charge >= 0.3 is 0 Å². The highest BCUT2D eigenvalue weighted by molar-refractivity contribution is 6.06. The first-order valence-electron chi connectivity index (χ1n) is 8.26. The van der Waals surface area contributed by atoms with Crippen molar-refractivity contribution in [3.8, 4) is 5.75 Å². The molecule has 0 aliphatic heterocycles. The fourth-order valence-electron chi connectivity index (χ4n) is 2.72. The summed E-state index contributed by atoms with van der Waals surface area (Å²) in [6, 6.07) is 15.9. The second-order valence-electron chi connectivity index (χ2n) is 6.27. The van der Waals surface area contributed by atoms with E-state index in [2.05, 4.69) is 6.58 Å². The van der Waals surface area contributed by atoms with Crippen LogP contribution >= 0.6 is 0 Å². The van der Waals surface area contributed by atoms with E-state index in [-0.39, 0.29) is 5.91 Å². The summed E-state index contributed by atoms with van der Waals surface area (Å²) in [5.41, 5.74) is 0.164. The van der Waals surface area contributed by atoms with Crippen molar-refractivity contribution >= 4 is 11.6 Å². The Hall–Kier alpha value is -2.59. The third-order valence-electron chi connectivity index (χ3n) is 4.44. The molecule has 1 N–H and O–H groups in total.